The predicted molar refractivity (Wildman–Crippen MR) is 74.0 cm³/mol. The Bertz CT molecular complexity index is 705. The van der Waals surface area contributed by atoms with E-state index in [0.29, 0.717) is 0 Å². The zero-order chi connectivity index (χ0) is 15.9. The third-order valence-electron chi connectivity index (χ3n) is 2.44. The third-order valence-corrected chi connectivity index (χ3v) is 2.44. The molecule has 22 heavy (non-hydrogen) atoms. The molecule has 0 atom stereocenters. The largest absolute Gasteiger partial charge is 0.452 e. The van der Waals surface area contributed by atoms with Crippen molar-refractivity contribution < 1.29 is 19.2 Å². The topological polar surface area (TPSA) is 124 Å². The highest BCUT2D eigenvalue weighted by Gasteiger charge is 2.14. The standard InChI is InChI=1S/C13H10N4O5/c18-11(16-13-14-5-2-6-15-13)8-22-12(19)9-3-1-4-10(7-9)17(20)21/h1-7H,8H2,(H,14,15,16,18). The van der Waals surface area contributed by atoms with Crippen molar-refractivity contribution in [3.05, 3.63) is 58.4 Å². The van der Waals surface area contributed by atoms with E-state index >= 15 is 0 Å². The average Bonchev–Trinajstić information content (AvgIpc) is 2.53. The molecule has 9 nitrogen and oxygen atoms in total. The number of nitrogens with one attached hydrogen (secondary N) is 1. The summed E-state index contributed by atoms with van der Waals surface area (Å²) in [4.78, 5) is 40.8. The van der Waals surface area contributed by atoms with Crippen molar-refractivity contribution >= 4 is 23.5 Å². The molecule has 9 heteroatoms. The minimum Gasteiger partial charge on any atom is -0.452 e. The van der Waals surface area contributed by atoms with Crippen molar-refractivity contribution in [2.24, 2.45) is 0 Å². The lowest BCUT2D eigenvalue weighted by Crippen LogP contribution is -2.22. The lowest BCUT2D eigenvalue weighted by molar-refractivity contribution is -0.384. The third kappa shape index (κ3) is 4.07. The van der Waals surface area contributed by atoms with Gasteiger partial charge in [-0.1, -0.05) is 6.07 Å². The SMILES string of the molecule is O=C(COC(=O)c1cccc([N+](=O)[O-])c1)Nc1ncccn1. The number of non-ortho nitro benzene ring substituents is 1. The number of amides is 1. The molecular weight excluding hydrogens is 292 g/mol. The number of hydrogen-bond donors (Lipinski definition) is 1. The summed E-state index contributed by atoms with van der Waals surface area (Å²) in [6.45, 7) is -0.556. The quantitative estimate of drug-likeness (QED) is 0.499. The number of aromatic nitrogens is 2. The molecule has 0 fully saturated rings. The summed E-state index contributed by atoms with van der Waals surface area (Å²) < 4.78 is 4.77. The minimum absolute atomic E-state index is 0.0158. The Balaban J connectivity index is 1.91. The smallest absolute Gasteiger partial charge is 0.338 e. The maximum Gasteiger partial charge on any atom is 0.338 e. The second kappa shape index (κ2) is 6.88. The van der Waals surface area contributed by atoms with E-state index in [4.69, 9.17) is 4.74 Å². The van der Waals surface area contributed by atoms with Crippen molar-refractivity contribution in [1.82, 2.24) is 9.97 Å². The first-order chi connectivity index (χ1) is 10.6. The zero-order valence-electron chi connectivity index (χ0n) is 11.1. The van der Waals surface area contributed by atoms with Crippen LogP contribution in [-0.2, 0) is 9.53 Å². The average molecular weight is 302 g/mol. The maximum atomic E-state index is 11.7. The fourth-order valence-electron chi connectivity index (χ4n) is 1.49. The molecule has 1 N–H and O–H groups in total. The molecule has 1 amide bonds. The molecule has 0 saturated carbocycles. The monoisotopic (exact) mass is 302 g/mol. The summed E-state index contributed by atoms with van der Waals surface area (Å²) in [6.07, 6.45) is 2.88. The van der Waals surface area contributed by atoms with Crippen LogP contribution in [0.1, 0.15) is 10.4 Å². The molecule has 2 rings (SSSR count). The number of carbonyl (C=O) groups is 2. The van der Waals surface area contributed by atoms with E-state index in [2.05, 4.69) is 15.3 Å². The fourth-order valence-corrected chi connectivity index (χ4v) is 1.49. The van der Waals surface area contributed by atoms with Crippen LogP contribution in [0.4, 0.5) is 11.6 Å². The van der Waals surface area contributed by atoms with Crippen LogP contribution in [0, 0.1) is 10.1 Å². The van der Waals surface area contributed by atoms with Crippen molar-refractivity contribution in [2.75, 3.05) is 11.9 Å². The van der Waals surface area contributed by atoms with Crippen LogP contribution in [0.3, 0.4) is 0 Å². The lowest BCUT2D eigenvalue weighted by Gasteiger charge is -2.05. The van der Waals surface area contributed by atoms with Gasteiger partial charge in [-0.3, -0.25) is 20.2 Å². The molecule has 0 unspecified atom stereocenters. The number of ether oxygens (including phenoxy) is 1. The van der Waals surface area contributed by atoms with Crippen LogP contribution in [0.2, 0.25) is 0 Å². The van der Waals surface area contributed by atoms with Gasteiger partial charge in [0.25, 0.3) is 11.6 Å². The molecule has 112 valence electrons. The fraction of sp³-hybridized carbons (Fsp3) is 0.0769. The Hall–Kier alpha value is -3.36. The number of benzene rings is 1. The number of hydrogen-bond acceptors (Lipinski definition) is 7. The van der Waals surface area contributed by atoms with Gasteiger partial charge in [0, 0.05) is 24.5 Å². The second-order valence-corrected chi connectivity index (χ2v) is 4.00. The number of rotatable bonds is 5. The van der Waals surface area contributed by atoms with Gasteiger partial charge < -0.3 is 4.74 Å². The molecule has 0 spiro atoms. The lowest BCUT2D eigenvalue weighted by atomic mass is 10.2. The second-order valence-electron chi connectivity index (χ2n) is 4.00. The number of esters is 1. The van der Waals surface area contributed by atoms with Crippen LogP contribution in [0.25, 0.3) is 0 Å². The van der Waals surface area contributed by atoms with E-state index < -0.39 is 23.4 Å². The van der Waals surface area contributed by atoms with Crippen molar-refractivity contribution in [3.63, 3.8) is 0 Å². The highest BCUT2D eigenvalue weighted by molar-refractivity contribution is 5.94. The molecule has 1 heterocycles. The van der Waals surface area contributed by atoms with E-state index in [0.717, 1.165) is 6.07 Å². The zero-order valence-corrected chi connectivity index (χ0v) is 11.1. The molecule has 0 aliphatic heterocycles. The van der Waals surface area contributed by atoms with Crippen LogP contribution in [0.5, 0.6) is 0 Å². The molecule has 0 radical (unpaired) electrons. The first-order valence-electron chi connectivity index (χ1n) is 6.05. The van der Waals surface area contributed by atoms with Crippen LogP contribution < -0.4 is 5.32 Å². The molecular formula is C13H10N4O5. The molecule has 0 aliphatic carbocycles. The van der Waals surface area contributed by atoms with Gasteiger partial charge >= 0.3 is 5.97 Å². The van der Waals surface area contributed by atoms with E-state index in [-0.39, 0.29) is 17.2 Å². The van der Waals surface area contributed by atoms with Crippen LogP contribution in [0.15, 0.2) is 42.7 Å². The Morgan fingerprint density at radius 2 is 1.95 bits per heavy atom. The Morgan fingerprint density at radius 3 is 2.64 bits per heavy atom. The number of nitrogens with zero attached hydrogens (tertiary/aromatic N) is 3. The minimum atomic E-state index is -0.840. The summed E-state index contributed by atoms with van der Waals surface area (Å²) in [5, 5.41) is 13.0. The molecule has 1 aromatic carbocycles. The molecule has 2 aromatic rings. The predicted octanol–water partition coefficient (Wildman–Crippen LogP) is 1.18. The summed E-state index contributed by atoms with van der Waals surface area (Å²) >= 11 is 0. The highest BCUT2D eigenvalue weighted by atomic mass is 16.6. The number of nitro benzene ring substituents is 1. The van der Waals surface area contributed by atoms with Crippen LogP contribution in [-0.4, -0.2) is 33.4 Å². The Kier molecular flexibility index (Phi) is 4.70. The van der Waals surface area contributed by atoms with Gasteiger partial charge in [0.15, 0.2) is 6.61 Å². The van der Waals surface area contributed by atoms with E-state index in [9.17, 15) is 19.7 Å². The van der Waals surface area contributed by atoms with E-state index in [1.165, 1.54) is 30.6 Å². The van der Waals surface area contributed by atoms with E-state index in [1.807, 2.05) is 0 Å². The highest BCUT2D eigenvalue weighted by Crippen LogP contribution is 2.13. The van der Waals surface area contributed by atoms with Gasteiger partial charge in [0.1, 0.15) is 0 Å². The Morgan fingerprint density at radius 1 is 1.23 bits per heavy atom. The maximum absolute atomic E-state index is 11.7. The first-order valence-corrected chi connectivity index (χ1v) is 6.05. The number of carbonyl (C=O) groups excluding carboxylic acids is 2. The van der Waals surface area contributed by atoms with Gasteiger partial charge in [-0.25, -0.2) is 14.8 Å². The van der Waals surface area contributed by atoms with Crippen molar-refractivity contribution in [2.45, 2.75) is 0 Å². The first kappa shape index (κ1) is 15.0. The van der Waals surface area contributed by atoms with Gasteiger partial charge in [-0.2, -0.15) is 0 Å². The molecule has 0 aliphatic rings. The molecule has 1 aromatic heterocycles. The number of nitro groups is 1. The van der Waals surface area contributed by atoms with Gasteiger partial charge in [0.05, 0.1) is 10.5 Å². The Labute approximate surface area is 124 Å². The van der Waals surface area contributed by atoms with E-state index in [1.54, 1.807) is 6.07 Å². The summed E-state index contributed by atoms with van der Waals surface area (Å²) in [7, 11) is 0. The molecule has 0 saturated heterocycles. The van der Waals surface area contributed by atoms with Gasteiger partial charge in [-0.15, -0.1) is 0 Å². The van der Waals surface area contributed by atoms with Crippen LogP contribution >= 0.6 is 0 Å². The van der Waals surface area contributed by atoms with Gasteiger partial charge in [-0.05, 0) is 12.1 Å². The van der Waals surface area contributed by atoms with Crippen molar-refractivity contribution in [1.29, 1.82) is 0 Å². The number of anilines is 1. The summed E-state index contributed by atoms with van der Waals surface area (Å²) in [5.74, 6) is -1.38. The normalized spacial score (nSPS) is 9.82. The van der Waals surface area contributed by atoms with Crippen molar-refractivity contribution in [3.8, 4) is 0 Å². The van der Waals surface area contributed by atoms with Gasteiger partial charge in [0.2, 0.25) is 5.95 Å². The summed E-state index contributed by atoms with van der Waals surface area (Å²) in [5.41, 5.74) is -0.255. The molecule has 0 bridgehead atoms. The summed E-state index contributed by atoms with van der Waals surface area (Å²) in [6, 6.07) is 6.61.